The van der Waals surface area contributed by atoms with E-state index in [4.69, 9.17) is 4.74 Å². The number of ether oxygens (including phenoxy) is 1. The molecule has 1 saturated heterocycles. The Hall–Kier alpha value is -2.45. The summed E-state index contributed by atoms with van der Waals surface area (Å²) in [5.74, 6) is -0.203. The van der Waals surface area contributed by atoms with Crippen LogP contribution in [-0.4, -0.2) is 59.8 Å². The normalized spacial score (nSPS) is 15.4. The summed E-state index contributed by atoms with van der Waals surface area (Å²) in [7, 11) is 0. The van der Waals surface area contributed by atoms with E-state index < -0.39 is 11.1 Å². The van der Waals surface area contributed by atoms with Crippen LogP contribution < -0.4 is 16.4 Å². The van der Waals surface area contributed by atoms with E-state index in [0.29, 0.717) is 29.7 Å². The predicted molar refractivity (Wildman–Crippen MR) is 94.1 cm³/mol. The Bertz CT molecular complexity index is 880. The number of nitrogens with one attached hydrogen (secondary N) is 2. The molecule has 8 heteroatoms. The van der Waals surface area contributed by atoms with Crippen molar-refractivity contribution in [1.29, 1.82) is 0 Å². The van der Waals surface area contributed by atoms with E-state index in [1.807, 2.05) is 0 Å². The smallest absolute Gasteiger partial charge is 0.316 e. The molecule has 134 valence electrons. The monoisotopic (exact) mass is 346 g/mol. The van der Waals surface area contributed by atoms with Crippen LogP contribution in [0.2, 0.25) is 0 Å². The summed E-state index contributed by atoms with van der Waals surface area (Å²) >= 11 is 0. The fraction of sp³-hybridized carbons (Fsp3) is 0.471. The second-order valence-corrected chi connectivity index (χ2v) is 5.95. The number of aromatic nitrogens is 2. The summed E-state index contributed by atoms with van der Waals surface area (Å²) in [6, 6.07) is 4.95. The van der Waals surface area contributed by atoms with Crippen LogP contribution in [0, 0.1) is 0 Å². The van der Waals surface area contributed by atoms with Crippen LogP contribution >= 0.6 is 0 Å². The SMILES string of the molecule is CCn1c(=O)c(=O)[nH]c2cc(C(=O)NCCN3CCOCC3)ccc21. The number of aromatic amines is 1. The van der Waals surface area contributed by atoms with Gasteiger partial charge in [-0.1, -0.05) is 0 Å². The van der Waals surface area contributed by atoms with Gasteiger partial charge in [-0.3, -0.25) is 19.3 Å². The number of benzene rings is 1. The molecule has 0 spiro atoms. The summed E-state index contributed by atoms with van der Waals surface area (Å²) in [6.07, 6.45) is 0. The molecule has 1 aliphatic rings. The number of rotatable bonds is 5. The Labute approximate surface area is 144 Å². The molecule has 25 heavy (non-hydrogen) atoms. The van der Waals surface area contributed by atoms with Crippen LogP contribution in [0.1, 0.15) is 17.3 Å². The van der Waals surface area contributed by atoms with Crippen molar-refractivity contribution in [3.8, 4) is 0 Å². The summed E-state index contributed by atoms with van der Waals surface area (Å²) in [5.41, 5.74) is 0.271. The summed E-state index contributed by atoms with van der Waals surface area (Å²) in [4.78, 5) is 40.7. The molecule has 3 rings (SSSR count). The number of nitrogens with zero attached hydrogens (tertiary/aromatic N) is 2. The molecular weight excluding hydrogens is 324 g/mol. The summed E-state index contributed by atoms with van der Waals surface area (Å²) in [5, 5.41) is 2.88. The fourth-order valence-corrected chi connectivity index (χ4v) is 2.99. The maximum atomic E-state index is 12.3. The molecule has 1 fully saturated rings. The van der Waals surface area contributed by atoms with Crippen LogP contribution in [0.3, 0.4) is 0 Å². The van der Waals surface area contributed by atoms with Crippen molar-refractivity contribution >= 4 is 16.9 Å². The van der Waals surface area contributed by atoms with Crippen molar-refractivity contribution in [1.82, 2.24) is 19.8 Å². The number of H-pyrrole nitrogens is 1. The van der Waals surface area contributed by atoms with Crippen LogP contribution in [0.15, 0.2) is 27.8 Å². The molecule has 2 heterocycles. The van der Waals surface area contributed by atoms with Gasteiger partial charge in [-0.05, 0) is 25.1 Å². The zero-order chi connectivity index (χ0) is 17.8. The van der Waals surface area contributed by atoms with Crippen molar-refractivity contribution in [2.24, 2.45) is 0 Å². The number of fused-ring (bicyclic) bond motifs is 1. The zero-order valence-electron chi connectivity index (χ0n) is 14.2. The zero-order valence-corrected chi connectivity index (χ0v) is 14.2. The second kappa shape index (κ2) is 7.62. The highest BCUT2D eigenvalue weighted by Crippen LogP contribution is 2.11. The minimum atomic E-state index is -0.681. The van der Waals surface area contributed by atoms with E-state index >= 15 is 0 Å². The largest absolute Gasteiger partial charge is 0.379 e. The van der Waals surface area contributed by atoms with Gasteiger partial charge >= 0.3 is 11.1 Å². The molecule has 8 nitrogen and oxygen atoms in total. The highest BCUT2D eigenvalue weighted by Gasteiger charge is 2.12. The van der Waals surface area contributed by atoms with Crippen LogP contribution in [-0.2, 0) is 11.3 Å². The second-order valence-electron chi connectivity index (χ2n) is 5.95. The van der Waals surface area contributed by atoms with Gasteiger partial charge in [0.25, 0.3) is 5.91 Å². The van der Waals surface area contributed by atoms with Crippen LogP contribution in [0.25, 0.3) is 11.0 Å². The van der Waals surface area contributed by atoms with Gasteiger partial charge in [0, 0.05) is 38.3 Å². The molecule has 1 aromatic heterocycles. The molecule has 1 amide bonds. The molecule has 0 saturated carbocycles. The number of aryl methyl sites for hydroxylation is 1. The van der Waals surface area contributed by atoms with Crippen LogP contribution in [0.5, 0.6) is 0 Å². The van der Waals surface area contributed by atoms with Crippen molar-refractivity contribution in [2.45, 2.75) is 13.5 Å². The Balaban J connectivity index is 1.72. The number of hydrogen-bond acceptors (Lipinski definition) is 5. The molecule has 0 radical (unpaired) electrons. The lowest BCUT2D eigenvalue weighted by molar-refractivity contribution is 0.0383. The van der Waals surface area contributed by atoms with Gasteiger partial charge in [0.05, 0.1) is 24.2 Å². The van der Waals surface area contributed by atoms with Gasteiger partial charge in [0.1, 0.15) is 0 Å². The van der Waals surface area contributed by atoms with E-state index in [9.17, 15) is 14.4 Å². The summed E-state index contributed by atoms with van der Waals surface area (Å²) in [6.45, 7) is 6.72. The molecule has 1 aliphatic heterocycles. The van der Waals surface area contributed by atoms with E-state index in [-0.39, 0.29) is 5.91 Å². The lowest BCUT2D eigenvalue weighted by Gasteiger charge is -2.26. The topological polar surface area (TPSA) is 96.4 Å². The van der Waals surface area contributed by atoms with Gasteiger partial charge in [0.2, 0.25) is 0 Å². The fourth-order valence-electron chi connectivity index (χ4n) is 2.99. The molecule has 0 aliphatic carbocycles. The highest BCUT2D eigenvalue weighted by molar-refractivity contribution is 5.97. The third-order valence-corrected chi connectivity index (χ3v) is 4.37. The van der Waals surface area contributed by atoms with Crippen molar-refractivity contribution in [2.75, 3.05) is 39.4 Å². The van der Waals surface area contributed by atoms with Crippen LogP contribution in [0.4, 0.5) is 0 Å². The van der Waals surface area contributed by atoms with Crippen molar-refractivity contribution < 1.29 is 9.53 Å². The minimum absolute atomic E-state index is 0.203. The first-order chi connectivity index (χ1) is 12.1. The first-order valence-electron chi connectivity index (χ1n) is 8.45. The van der Waals surface area contributed by atoms with E-state index in [1.165, 1.54) is 4.57 Å². The molecule has 0 bridgehead atoms. The van der Waals surface area contributed by atoms with E-state index in [1.54, 1.807) is 25.1 Å². The molecule has 2 aromatic rings. The third-order valence-electron chi connectivity index (χ3n) is 4.37. The number of carbonyl (C=O) groups excluding carboxylic acids is 1. The number of amides is 1. The number of hydrogen-bond donors (Lipinski definition) is 2. The van der Waals surface area contributed by atoms with E-state index in [2.05, 4.69) is 15.2 Å². The average molecular weight is 346 g/mol. The van der Waals surface area contributed by atoms with Gasteiger partial charge in [-0.25, -0.2) is 0 Å². The predicted octanol–water partition coefficient (Wildman–Crippen LogP) is -0.228. The highest BCUT2D eigenvalue weighted by atomic mass is 16.5. The van der Waals surface area contributed by atoms with Gasteiger partial charge in [-0.15, -0.1) is 0 Å². The van der Waals surface area contributed by atoms with Gasteiger partial charge in [0.15, 0.2) is 0 Å². The van der Waals surface area contributed by atoms with Gasteiger partial charge in [-0.2, -0.15) is 0 Å². The van der Waals surface area contributed by atoms with Gasteiger partial charge < -0.3 is 19.6 Å². The Morgan fingerprint density at radius 1 is 1.28 bits per heavy atom. The maximum absolute atomic E-state index is 12.3. The first-order valence-corrected chi connectivity index (χ1v) is 8.45. The molecule has 1 aromatic carbocycles. The Kier molecular flexibility index (Phi) is 5.30. The first kappa shape index (κ1) is 17.4. The molecule has 0 unspecified atom stereocenters. The third kappa shape index (κ3) is 3.80. The lowest BCUT2D eigenvalue weighted by atomic mass is 10.1. The van der Waals surface area contributed by atoms with Crippen molar-refractivity contribution in [3.63, 3.8) is 0 Å². The number of carbonyl (C=O) groups is 1. The maximum Gasteiger partial charge on any atom is 0.316 e. The average Bonchev–Trinajstić information content (AvgIpc) is 2.63. The Morgan fingerprint density at radius 2 is 2.04 bits per heavy atom. The Morgan fingerprint density at radius 3 is 2.76 bits per heavy atom. The molecule has 2 N–H and O–H groups in total. The lowest BCUT2D eigenvalue weighted by Crippen LogP contribution is -2.41. The van der Waals surface area contributed by atoms with Crippen molar-refractivity contribution in [3.05, 3.63) is 44.5 Å². The minimum Gasteiger partial charge on any atom is -0.379 e. The van der Waals surface area contributed by atoms with E-state index in [0.717, 1.165) is 32.8 Å². The molecular formula is C17H22N4O4. The standard InChI is InChI=1S/C17H22N4O4/c1-2-21-14-4-3-12(11-13(14)19-16(23)17(21)24)15(22)18-5-6-20-7-9-25-10-8-20/h3-4,11H,2,5-10H2,1H3,(H,18,22)(H,19,23). The number of morpholine rings is 1. The quantitative estimate of drug-likeness (QED) is 0.729. The summed E-state index contributed by atoms with van der Waals surface area (Å²) < 4.78 is 6.69. The molecule has 0 atom stereocenters.